The molecule has 0 aromatic heterocycles. The van der Waals surface area contributed by atoms with Gasteiger partial charge in [-0.25, -0.2) is 4.79 Å². The van der Waals surface area contributed by atoms with E-state index < -0.39 is 0 Å². The molecule has 0 saturated carbocycles. The van der Waals surface area contributed by atoms with Crippen molar-refractivity contribution in [3.05, 3.63) is 47.7 Å². The van der Waals surface area contributed by atoms with Crippen LogP contribution in [0.3, 0.4) is 0 Å². The van der Waals surface area contributed by atoms with Crippen LogP contribution in [0.4, 0.5) is 4.79 Å². The van der Waals surface area contributed by atoms with Gasteiger partial charge in [-0.2, -0.15) is 10.1 Å². The van der Waals surface area contributed by atoms with Gasteiger partial charge in [0, 0.05) is 26.2 Å². The van der Waals surface area contributed by atoms with Crippen molar-refractivity contribution in [1.82, 2.24) is 9.91 Å². The average molecular weight is 260 g/mol. The van der Waals surface area contributed by atoms with Crippen molar-refractivity contribution in [1.29, 1.82) is 0 Å². The van der Waals surface area contributed by atoms with Crippen LogP contribution in [-0.2, 0) is 6.42 Å². The summed E-state index contributed by atoms with van der Waals surface area (Å²) in [6, 6.07) is 7.83. The lowest BCUT2D eigenvalue weighted by Gasteiger charge is -2.21. The normalized spacial score (nSPS) is 10.5. The number of hydrogen-bond acceptors (Lipinski definition) is 3. The monoisotopic (exact) mass is 260 g/mol. The van der Waals surface area contributed by atoms with E-state index in [1.165, 1.54) is 22.5 Å². The number of carbonyl (C=O) groups is 1. The Balaban J connectivity index is 2.83. The predicted molar refractivity (Wildman–Crippen MR) is 75.7 cm³/mol. The van der Waals surface area contributed by atoms with E-state index in [2.05, 4.69) is 16.9 Å². The SMILES string of the molecule is C=C(Cc1ccc(C)cc1)N(N=NC)C(=O)N(C)C. The van der Waals surface area contributed by atoms with Crippen molar-refractivity contribution >= 4 is 6.03 Å². The third-order valence-electron chi connectivity index (χ3n) is 2.57. The number of aryl methyl sites for hydroxylation is 1. The molecule has 0 bridgehead atoms. The summed E-state index contributed by atoms with van der Waals surface area (Å²) in [5.74, 6) is 0. The number of amides is 2. The van der Waals surface area contributed by atoms with Gasteiger partial charge >= 0.3 is 6.03 Å². The zero-order valence-electron chi connectivity index (χ0n) is 11.9. The Morgan fingerprint density at radius 2 is 1.84 bits per heavy atom. The highest BCUT2D eigenvalue weighted by Crippen LogP contribution is 2.14. The van der Waals surface area contributed by atoms with Crippen molar-refractivity contribution < 1.29 is 4.79 Å². The maximum atomic E-state index is 12.0. The summed E-state index contributed by atoms with van der Waals surface area (Å²) in [5.41, 5.74) is 2.87. The van der Waals surface area contributed by atoms with Crippen molar-refractivity contribution in [3.8, 4) is 0 Å². The highest BCUT2D eigenvalue weighted by atomic mass is 16.2. The maximum Gasteiger partial charge on any atom is 0.345 e. The molecule has 5 nitrogen and oxygen atoms in total. The van der Waals surface area contributed by atoms with Gasteiger partial charge in [-0.1, -0.05) is 41.6 Å². The molecule has 5 heteroatoms. The molecule has 0 unspecified atom stereocenters. The molecular weight excluding hydrogens is 240 g/mol. The van der Waals surface area contributed by atoms with Gasteiger partial charge in [0.25, 0.3) is 0 Å². The Hall–Kier alpha value is -2.17. The third-order valence-corrected chi connectivity index (χ3v) is 2.57. The summed E-state index contributed by atoms with van der Waals surface area (Å²) in [5, 5.41) is 8.71. The van der Waals surface area contributed by atoms with E-state index in [9.17, 15) is 4.79 Å². The Morgan fingerprint density at radius 3 is 2.32 bits per heavy atom. The number of hydrogen-bond donors (Lipinski definition) is 0. The van der Waals surface area contributed by atoms with Crippen LogP contribution >= 0.6 is 0 Å². The van der Waals surface area contributed by atoms with E-state index in [1.54, 1.807) is 14.1 Å². The number of rotatable bonds is 4. The van der Waals surface area contributed by atoms with Crippen LogP contribution in [0.2, 0.25) is 0 Å². The molecular formula is C14H20N4O. The minimum Gasteiger partial charge on any atom is -0.329 e. The lowest BCUT2D eigenvalue weighted by atomic mass is 10.1. The van der Waals surface area contributed by atoms with Crippen molar-refractivity contribution in [2.75, 3.05) is 21.1 Å². The molecule has 1 aromatic rings. The molecule has 0 N–H and O–H groups in total. The number of nitrogens with zero attached hydrogens (tertiary/aromatic N) is 4. The van der Waals surface area contributed by atoms with E-state index >= 15 is 0 Å². The molecule has 0 spiro atoms. The van der Waals surface area contributed by atoms with Gasteiger partial charge in [0.1, 0.15) is 0 Å². The van der Waals surface area contributed by atoms with Gasteiger partial charge in [0.05, 0.1) is 7.05 Å². The molecule has 0 aliphatic heterocycles. The average Bonchev–Trinajstić information content (AvgIpc) is 2.37. The lowest BCUT2D eigenvalue weighted by Crippen LogP contribution is -2.35. The third kappa shape index (κ3) is 4.21. The topological polar surface area (TPSA) is 48.3 Å². The standard InChI is InChI=1S/C14H20N4O/c1-11-6-8-13(9-7-11)10-12(2)18(16-15-3)14(19)17(4)5/h6-9H,2,10H2,1,3-5H3. The molecule has 1 aromatic carbocycles. The van der Waals surface area contributed by atoms with Gasteiger partial charge in [-0.05, 0) is 12.5 Å². The van der Waals surface area contributed by atoms with Crippen molar-refractivity contribution in [3.63, 3.8) is 0 Å². The van der Waals surface area contributed by atoms with E-state index in [4.69, 9.17) is 0 Å². The van der Waals surface area contributed by atoms with Crippen molar-refractivity contribution in [2.24, 2.45) is 10.3 Å². The van der Waals surface area contributed by atoms with Crippen LogP contribution in [0.5, 0.6) is 0 Å². The summed E-state index contributed by atoms with van der Waals surface area (Å²) < 4.78 is 0. The zero-order valence-corrected chi connectivity index (χ0v) is 11.9. The fourth-order valence-electron chi connectivity index (χ4n) is 1.53. The first-order valence-electron chi connectivity index (χ1n) is 6.00. The minimum atomic E-state index is -0.261. The molecule has 19 heavy (non-hydrogen) atoms. The highest BCUT2D eigenvalue weighted by Gasteiger charge is 2.18. The Morgan fingerprint density at radius 1 is 1.26 bits per heavy atom. The Bertz CT molecular complexity index is 477. The first kappa shape index (κ1) is 14.9. The summed E-state index contributed by atoms with van der Waals surface area (Å²) in [4.78, 5) is 13.4. The van der Waals surface area contributed by atoms with Gasteiger partial charge in [-0.15, -0.1) is 0 Å². The van der Waals surface area contributed by atoms with Crippen LogP contribution in [0.15, 0.2) is 46.9 Å². The Kier molecular flexibility index (Phi) is 5.23. The second kappa shape index (κ2) is 6.68. The second-order valence-electron chi connectivity index (χ2n) is 4.51. The van der Waals surface area contributed by atoms with Gasteiger partial charge in [0.2, 0.25) is 0 Å². The molecule has 102 valence electrons. The Labute approximate surface area is 114 Å². The summed E-state index contributed by atoms with van der Waals surface area (Å²) in [6.07, 6.45) is 0.554. The van der Waals surface area contributed by atoms with Gasteiger partial charge in [-0.3, -0.25) is 0 Å². The zero-order chi connectivity index (χ0) is 14.4. The molecule has 0 fully saturated rings. The van der Waals surface area contributed by atoms with Crippen LogP contribution in [0, 0.1) is 6.92 Å². The van der Waals surface area contributed by atoms with Crippen LogP contribution in [0.25, 0.3) is 0 Å². The van der Waals surface area contributed by atoms with Crippen LogP contribution in [-0.4, -0.2) is 37.1 Å². The van der Waals surface area contributed by atoms with Gasteiger partial charge in [0.15, 0.2) is 0 Å². The summed E-state index contributed by atoms with van der Waals surface area (Å²) in [6.45, 7) is 5.95. The van der Waals surface area contributed by atoms with E-state index in [0.29, 0.717) is 12.1 Å². The molecule has 2 amide bonds. The predicted octanol–water partition coefficient (Wildman–Crippen LogP) is 3.03. The molecule has 0 saturated heterocycles. The molecule has 0 atom stereocenters. The fourth-order valence-corrected chi connectivity index (χ4v) is 1.53. The molecule has 0 aliphatic rings. The van der Waals surface area contributed by atoms with Crippen LogP contribution in [0.1, 0.15) is 11.1 Å². The molecule has 0 aliphatic carbocycles. The number of carbonyl (C=O) groups excluding carboxylic acids is 1. The number of urea groups is 1. The van der Waals surface area contributed by atoms with E-state index in [1.807, 2.05) is 31.2 Å². The first-order chi connectivity index (χ1) is 8.95. The highest BCUT2D eigenvalue weighted by molar-refractivity contribution is 5.75. The minimum absolute atomic E-state index is 0.261. The molecule has 1 rings (SSSR count). The van der Waals surface area contributed by atoms with E-state index in [0.717, 1.165) is 5.56 Å². The maximum absolute atomic E-state index is 12.0. The number of allylic oxidation sites excluding steroid dienone is 1. The summed E-state index contributed by atoms with van der Waals surface area (Å²) in [7, 11) is 4.86. The second-order valence-corrected chi connectivity index (χ2v) is 4.51. The van der Waals surface area contributed by atoms with Crippen LogP contribution < -0.4 is 0 Å². The quantitative estimate of drug-likeness (QED) is 0.606. The van der Waals surface area contributed by atoms with Gasteiger partial charge < -0.3 is 4.90 Å². The number of benzene rings is 1. The largest absolute Gasteiger partial charge is 0.345 e. The van der Waals surface area contributed by atoms with Crippen molar-refractivity contribution in [2.45, 2.75) is 13.3 Å². The summed E-state index contributed by atoms with van der Waals surface area (Å²) >= 11 is 0. The fraction of sp³-hybridized carbons (Fsp3) is 0.357. The molecule has 0 radical (unpaired) electrons. The first-order valence-corrected chi connectivity index (χ1v) is 6.00. The smallest absolute Gasteiger partial charge is 0.329 e. The molecule has 0 heterocycles. The lowest BCUT2D eigenvalue weighted by molar-refractivity contribution is 0.182. The van der Waals surface area contributed by atoms with E-state index in [-0.39, 0.29) is 6.03 Å².